The van der Waals surface area contributed by atoms with Gasteiger partial charge in [0.15, 0.2) is 0 Å². The maximum atomic E-state index is 9.99. The fraction of sp³-hybridized carbons (Fsp3) is 0.333. The minimum absolute atomic E-state index is 0. The van der Waals surface area contributed by atoms with Crippen molar-refractivity contribution < 1.29 is 78.9 Å². The molecule has 4 nitrogen and oxygen atoms in total. The zero-order valence-electron chi connectivity index (χ0n) is 7.63. The van der Waals surface area contributed by atoms with Gasteiger partial charge in [0.05, 0.1) is 11.9 Å². The van der Waals surface area contributed by atoms with Crippen molar-refractivity contribution in [2.75, 3.05) is 0 Å². The van der Waals surface area contributed by atoms with E-state index in [-0.39, 0.29) is 70.3 Å². The number of carbonyl (C=O) groups is 2. The third-order valence-corrected chi connectivity index (χ3v) is 1.17. The number of carbonyl (C=O) groups excluding carboxylic acids is 2. The van der Waals surface area contributed by atoms with Crippen LogP contribution in [-0.4, -0.2) is 11.9 Å². The molecule has 0 heterocycles. The van der Waals surface area contributed by atoms with Gasteiger partial charge in [0, 0.05) is 0 Å². The average molecular weight is 188 g/mol. The Labute approximate surface area is 115 Å². The van der Waals surface area contributed by atoms with Gasteiger partial charge in [0.2, 0.25) is 0 Å². The van der Waals surface area contributed by atoms with Crippen LogP contribution in [0.5, 0.6) is 0 Å². The molecule has 0 spiro atoms. The number of hydrogen-bond acceptors (Lipinski definition) is 4. The van der Waals surface area contributed by atoms with Gasteiger partial charge < -0.3 is 19.8 Å². The van der Waals surface area contributed by atoms with Crippen LogP contribution in [0.15, 0.2) is 11.1 Å². The van der Waals surface area contributed by atoms with Crippen molar-refractivity contribution >= 4 is 11.9 Å². The molecule has 0 atom stereocenters. The molecule has 0 saturated carbocycles. The minimum atomic E-state index is -1.48. The Morgan fingerprint density at radius 1 is 0.833 bits per heavy atom. The molecular formula is C6H6Na2O4. The van der Waals surface area contributed by atoms with E-state index < -0.39 is 11.9 Å². The molecule has 0 saturated heterocycles. The Kier molecular flexibility index (Phi) is 12.7. The maximum Gasteiger partial charge on any atom is 1.00 e. The molecule has 0 aromatic heterocycles. The SMILES string of the molecule is C/C(C(=O)[O-])=C(\C)C(=O)[O-].[Na+].[Na+]. The van der Waals surface area contributed by atoms with Crippen molar-refractivity contribution in [3.8, 4) is 0 Å². The largest absolute Gasteiger partial charge is 1.00 e. The summed E-state index contributed by atoms with van der Waals surface area (Å²) in [6.07, 6.45) is 0. The summed E-state index contributed by atoms with van der Waals surface area (Å²) < 4.78 is 0. The molecule has 0 rings (SSSR count). The van der Waals surface area contributed by atoms with Crippen molar-refractivity contribution in [2.45, 2.75) is 13.8 Å². The molecule has 0 aliphatic carbocycles. The molecule has 0 N–H and O–H groups in total. The second-order valence-corrected chi connectivity index (χ2v) is 1.82. The second-order valence-electron chi connectivity index (χ2n) is 1.82. The molecule has 0 aliphatic heterocycles. The van der Waals surface area contributed by atoms with E-state index in [0.29, 0.717) is 0 Å². The van der Waals surface area contributed by atoms with Gasteiger partial charge in [-0.15, -0.1) is 0 Å². The van der Waals surface area contributed by atoms with Crippen LogP contribution in [0.1, 0.15) is 13.8 Å². The zero-order valence-corrected chi connectivity index (χ0v) is 11.6. The molecule has 0 fully saturated rings. The number of rotatable bonds is 2. The normalized spacial score (nSPS) is 10.2. The summed E-state index contributed by atoms with van der Waals surface area (Å²) in [5.74, 6) is -2.97. The first-order chi connectivity index (χ1) is 4.46. The van der Waals surface area contributed by atoms with Gasteiger partial charge in [-0.3, -0.25) is 0 Å². The first kappa shape index (κ1) is 18.5. The van der Waals surface area contributed by atoms with Gasteiger partial charge in [0.1, 0.15) is 0 Å². The summed E-state index contributed by atoms with van der Waals surface area (Å²) in [6, 6.07) is 0. The number of carboxylic acids is 2. The monoisotopic (exact) mass is 188 g/mol. The topological polar surface area (TPSA) is 80.3 Å². The van der Waals surface area contributed by atoms with Crippen LogP contribution >= 0.6 is 0 Å². The summed E-state index contributed by atoms with van der Waals surface area (Å²) >= 11 is 0. The van der Waals surface area contributed by atoms with Crippen molar-refractivity contribution in [3.63, 3.8) is 0 Å². The Bertz CT molecular complexity index is 188. The van der Waals surface area contributed by atoms with E-state index in [1.54, 1.807) is 0 Å². The van der Waals surface area contributed by atoms with Gasteiger partial charge in [0.25, 0.3) is 0 Å². The van der Waals surface area contributed by atoms with Crippen LogP contribution in [0.25, 0.3) is 0 Å². The fourth-order valence-corrected chi connectivity index (χ4v) is 0.306. The summed E-state index contributed by atoms with van der Waals surface area (Å²) in [5.41, 5.74) is -0.611. The summed E-state index contributed by atoms with van der Waals surface area (Å²) in [6.45, 7) is 2.31. The predicted molar refractivity (Wildman–Crippen MR) is 28.4 cm³/mol. The standard InChI is InChI=1S/C6H8O4.2Na/c1-3(5(7)8)4(2)6(9)10;;/h1-2H3,(H,7,8)(H,9,10);;/q;2*+1/p-2/b4-3-;;. The second kappa shape index (κ2) is 8.29. The van der Waals surface area contributed by atoms with Crippen molar-refractivity contribution in [2.24, 2.45) is 0 Å². The van der Waals surface area contributed by atoms with Crippen molar-refractivity contribution in [3.05, 3.63) is 11.1 Å². The molecule has 12 heavy (non-hydrogen) atoms. The molecule has 0 amide bonds. The van der Waals surface area contributed by atoms with Crippen LogP contribution < -0.4 is 69.3 Å². The third kappa shape index (κ3) is 6.22. The average Bonchev–Trinajstić information content (AvgIpc) is 1.84. The van der Waals surface area contributed by atoms with Crippen LogP contribution in [0, 0.1) is 0 Å². The van der Waals surface area contributed by atoms with Gasteiger partial charge in [-0.1, -0.05) is 0 Å². The predicted octanol–water partition coefficient (Wildman–Crippen LogP) is -8.17. The summed E-state index contributed by atoms with van der Waals surface area (Å²) in [5, 5.41) is 20.0. The maximum absolute atomic E-state index is 9.99. The van der Waals surface area contributed by atoms with Gasteiger partial charge >= 0.3 is 59.1 Å². The molecule has 0 aromatic carbocycles. The van der Waals surface area contributed by atoms with E-state index >= 15 is 0 Å². The Hall–Kier alpha value is 0.680. The van der Waals surface area contributed by atoms with Crippen LogP contribution in [-0.2, 0) is 9.59 Å². The van der Waals surface area contributed by atoms with Gasteiger partial charge in [-0.2, -0.15) is 0 Å². The van der Waals surface area contributed by atoms with E-state index in [9.17, 15) is 19.8 Å². The summed E-state index contributed by atoms with van der Waals surface area (Å²) in [4.78, 5) is 20.0. The van der Waals surface area contributed by atoms with Crippen LogP contribution in [0.3, 0.4) is 0 Å². The summed E-state index contributed by atoms with van der Waals surface area (Å²) in [7, 11) is 0. The quantitative estimate of drug-likeness (QED) is 0.318. The molecular weight excluding hydrogens is 182 g/mol. The van der Waals surface area contributed by atoms with Crippen LogP contribution in [0.4, 0.5) is 0 Å². The van der Waals surface area contributed by atoms with E-state index in [4.69, 9.17) is 0 Å². The Morgan fingerprint density at radius 3 is 1.08 bits per heavy atom. The van der Waals surface area contributed by atoms with E-state index in [0.717, 1.165) is 13.8 Å². The Balaban J connectivity index is -0.000000405. The third-order valence-electron chi connectivity index (χ3n) is 1.17. The molecule has 6 heteroatoms. The molecule has 0 aliphatic rings. The van der Waals surface area contributed by atoms with Crippen molar-refractivity contribution in [1.29, 1.82) is 0 Å². The molecule has 0 radical (unpaired) electrons. The van der Waals surface area contributed by atoms with Crippen molar-refractivity contribution in [1.82, 2.24) is 0 Å². The zero-order chi connectivity index (χ0) is 8.31. The Morgan fingerprint density at radius 2 is 1.00 bits per heavy atom. The molecule has 0 bridgehead atoms. The molecule has 56 valence electrons. The van der Waals surface area contributed by atoms with E-state index in [1.807, 2.05) is 0 Å². The fourth-order valence-electron chi connectivity index (χ4n) is 0.306. The number of carboxylic acid groups (broad SMARTS) is 2. The number of hydrogen-bond donors (Lipinski definition) is 0. The molecule has 0 unspecified atom stereocenters. The number of aliphatic carboxylic acids is 2. The van der Waals surface area contributed by atoms with E-state index in [1.165, 1.54) is 0 Å². The smallest absolute Gasteiger partial charge is 0.545 e. The van der Waals surface area contributed by atoms with Gasteiger partial charge in [-0.05, 0) is 25.0 Å². The molecule has 0 aromatic rings. The van der Waals surface area contributed by atoms with Crippen LogP contribution in [0.2, 0.25) is 0 Å². The first-order valence-corrected chi connectivity index (χ1v) is 2.57. The first-order valence-electron chi connectivity index (χ1n) is 2.57. The van der Waals surface area contributed by atoms with Gasteiger partial charge in [-0.25, -0.2) is 0 Å². The van der Waals surface area contributed by atoms with E-state index in [2.05, 4.69) is 0 Å². The minimum Gasteiger partial charge on any atom is -0.545 e.